The number of nitro groups is 1. The van der Waals surface area contributed by atoms with E-state index in [2.05, 4.69) is 51.2 Å². The standard InChI is InChI=1S/C43H49Cl2N7O6S/c1-29-27-46-17-18-51(29)47-39-14-12-36(25-40(39)52(54)55)59(56,57)48-42(53)37-13-11-34(24-41(37)58-35-6-4-5-33(45)23-35)50-21-19-49(20-22-50)28-31-15-16-43(2,3)26-38(31)30-7-9-32(44)10-8-30/h4-14,23-25,29,46-47H,15-22,26-28H2,1-3H3,(H,48,53). The van der Waals surface area contributed by atoms with Crippen molar-refractivity contribution in [2.75, 3.05) is 62.7 Å². The molecule has 16 heteroatoms. The first kappa shape index (κ1) is 42.4. The third-order valence-corrected chi connectivity index (χ3v) is 13.0. The minimum Gasteiger partial charge on any atom is -0.456 e. The summed E-state index contributed by atoms with van der Waals surface area (Å²) in [4.78, 5) is 29.5. The van der Waals surface area contributed by atoms with Crippen molar-refractivity contribution in [1.29, 1.82) is 0 Å². The fourth-order valence-electron chi connectivity index (χ4n) is 7.86. The number of nitrogens with zero attached hydrogens (tertiary/aromatic N) is 4. The maximum Gasteiger partial charge on any atom is 0.295 e. The molecule has 1 amide bonds. The Balaban J connectivity index is 1.09. The molecule has 7 rings (SSSR count). The lowest BCUT2D eigenvalue weighted by Crippen LogP contribution is -2.52. The number of anilines is 2. The number of hydrogen-bond donors (Lipinski definition) is 3. The molecule has 0 bridgehead atoms. The van der Waals surface area contributed by atoms with Crippen molar-refractivity contribution in [2.24, 2.45) is 5.41 Å². The van der Waals surface area contributed by atoms with E-state index in [1.165, 1.54) is 34.9 Å². The normalized spacial score (nSPS) is 19.0. The molecule has 3 N–H and O–H groups in total. The first-order valence-electron chi connectivity index (χ1n) is 19.8. The molecule has 0 saturated carbocycles. The molecule has 2 heterocycles. The zero-order valence-electron chi connectivity index (χ0n) is 33.3. The van der Waals surface area contributed by atoms with Crippen LogP contribution in [0.1, 0.15) is 56.0 Å². The molecule has 0 aromatic heterocycles. The number of amides is 1. The van der Waals surface area contributed by atoms with Crippen LogP contribution < -0.4 is 25.1 Å². The van der Waals surface area contributed by atoms with E-state index in [1.54, 1.807) is 36.4 Å². The molecule has 1 aliphatic carbocycles. The van der Waals surface area contributed by atoms with Crippen molar-refractivity contribution in [3.8, 4) is 11.5 Å². The number of carbonyl (C=O) groups is 1. The summed E-state index contributed by atoms with van der Waals surface area (Å²) in [5.74, 6) is -0.481. The van der Waals surface area contributed by atoms with Crippen LogP contribution in [-0.2, 0) is 10.0 Å². The quantitative estimate of drug-likeness (QED) is 0.0935. The lowest BCUT2D eigenvalue weighted by molar-refractivity contribution is -0.384. The zero-order chi connectivity index (χ0) is 41.9. The maximum atomic E-state index is 13.8. The lowest BCUT2D eigenvalue weighted by Gasteiger charge is -2.39. The van der Waals surface area contributed by atoms with Gasteiger partial charge in [0.2, 0.25) is 0 Å². The van der Waals surface area contributed by atoms with E-state index < -0.39 is 31.4 Å². The smallest absolute Gasteiger partial charge is 0.295 e. The molecule has 2 aliphatic heterocycles. The van der Waals surface area contributed by atoms with Gasteiger partial charge in [0, 0.05) is 86.3 Å². The van der Waals surface area contributed by atoms with E-state index in [0.717, 1.165) is 68.8 Å². The second-order valence-electron chi connectivity index (χ2n) is 16.2. The van der Waals surface area contributed by atoms with E-state index >= 15 is 0 Å². The van der Waals surface area contributed by atoms with Crippen LogP contribution in [0, 0.1) is 15.5 Å². The number of benzene rings is 4. The summed E-state index contributed by atoms with van der Waals surface area (Å²) < 4.78 is 35.6. The SMILES string of the molecule is CC1CNCCN1Nc1ccc(S(=O)(=O)NC(=O)c2ccc(N3CCN(CC4=C(c5ccc(Cl)cc5)CC(C)(C)CC4)CC3)cc2Oc2cccc(Cl)c2)cc1[N+](=O)[O-]. The Bertz CT molecular complexity index is 2350. The van der Waals surface area contributed by atoms with Crippen LogP contribution in [0.5, 0.6) is 11.5 Å². The van der Waals surface area contributed by atoms with Crippen LogP contribution in [0.15, 0.2) is 95.4 Å². The highest BCUT2D eigenvalue weighted by Gasteiger charge is 2.31. The second-order valence-corrected chi connectivity index (χ2v) is 18.7. The van der Waals surface area contributed by atoms with Crippen molar-refractivity contribution in [1.82, 2.24) is 19.9 Å². The van der Waals surface area contributed by atoms with Crippen LogP contribution in [0.2, 0.25) is 10.0 Å². The number of piperazine rings is 2. The molecule has 4 aromatic rings. The fraction of sp³-hybridized carbons (Fsp3) is 0.372. The largest absolute Gasteiger partial charge is 0.456 e. The molecular weight excluding hydrogens is 813 g/mol. The van der Waals surface area contributed by atoms with Gasteiger partial charge in [0.15, 0.2) is 0 Å². The zero-order valence-corrected chi connectivity index (χ0v) is 35.7. The van der Waals surface area contributed by atoms with Gasteiger partial charge in [-0.15, -0.1) is 0 Å². The van der Waals surface area contributed by atoms with Gasteiger partial charge < -0.3 is 20.4 Å². The number of ether oxygens (including phenoxy) is 1. The summed E-state index contributed by atoms with van der Waals surface area (Å²) >= 11 is 12.5. The molecule has 312 valence electrons. The fourth-order valence-corrected chi connectivity index (χ4v) is 9.15. The molecule has 1 atom stereocenters. The number of nitrogens with one attached hydrogen (secondary N) is 3. The van der Waals surface area contributed by atoms with Crippen LogP contribution in [0.25, 0.3) is 5.57 Å². The van der Waals surface area contributed by atoms with E-state index in [4.69, 9.17) is 27.9 Å². The minimum atomic E-state index is -4.56. The Kier molecular flexibility index (Phi) is 12.9. The molecule has 1 unspecified atom stereocenters. The predicted molar refractivity (Wildman–Crippen MR) is 233 cm³/mol. The monoisotopic (exact) mass is 861 g/mol. The average molecular weight is 863 g/mol. The second kappa shape index (κ2) is 17.9. The van der Waals surface area contributed by atoms with Crippen LogP contribution in [-0.4, -0.2) is 87.6 Å². The van der Waals surface area contributed by atoms with Gasteiger partial charge in [-0.05, 0) is 97.3 Å². The van der Waals surface area contributed by atoms with Gasteiger partial charge in [0.1, 0.15) is 17.2 Å². The van der Waals surface area contributed by atoms with Gasteiger partial charge in [-0.25, -0.2) is 18.1 Å². The molecule has 2 fully saturated rings. The van der Waals surface area contributed by atoms with Gasteiger partial charge in [-0.1, -0.05) is 60.8 Å². The van der Waals surface area contributed by atoms with Crippen molar-refractivity contribution < 1.29 is 22.9 Å². The number of hydrazine groups is 1. The molecule has 2 saturated heterocycles. The lowest BCUT2D eigenvalue weighted by atomic mass is 9.72. The van der Waals surface area contributed by atoms with Crippen molar-refractivity contribution >= 4 is 61.8 Å². The summed E-state index contributed by atoms with van der Waals surface area (Å²) in [6.07, 6.45) is 3.20. The molecular formula is C43H49Cl2N7O6S. The van der Waals surface area contributed by atoms with Gasteiger partial charge in [-0.2, -0.15) is 0 Å². The van der Waals surface area contributed by atoms with E-state index in [0.29, 0.717) is 30.4 Å². The molecule has 59 heavy (non-hydrogen) atoms. The van der Waals surface area contributed by atoms with E-state index in [9.17, 15) is 23.3 Å². The first-order chi connectivity index (χ1) is 28.1. The van der Waals surface area contributed by atoms with E-state index in [-0.39, 0.29) is 28.5 Å². The Morgan fingerprint density at radius 2 is 1.73 bits per heavy atom. The maximum absolute atomic E-state index is 13.8. The Hall–Kier alpha value is -4.70. The number of carbonyl (C=O) groups excluding carboxylic acids is 1. The van der Waals surface area contributed by atoms with Crippen molar-refractivity contribution in [3.05, 3.63) is 122 Å². The Morgan fingerprint density at radius 3 is 2.44 bits per heavy atom. The number of hydrogen-bond acceptors (Lipinski definition) is 11. The summed E-state index contributed by atoms with van der Waals surface area (Å²) in [6.45, 7) is 12.6. The third-order valence-electron chi connectivity index (χ3n) is 11.2. The molecule has 13 nitrogen and oxygen atoms in total. The number of allylic oxidation sites excluding steroid dienone is 1. The highest BCUT2D eigenvalue weighted by Crippen LogP contribution is 2.43. The number of rotatable bonds is 12. The van der Waals surface area contributed by atoms with Gasteiger partial charge in [0.05, 0.1) is 15.4 Å². The first-order valence-corrected chi connectivity index (χ1v) is 22.0. The number of halogens is 2. The van der Waals surface area contributed by atoms with E-state index in [1.807, 2.05) is 24.1 Å². The molecule has 0 radical (unpaired) electrons. The summed E-state index contributed by atoms with van der Waals surface area (Å²) in [5, 5.41) is 18.3. The third kappa shape index (κ3) is 10.4. The highest BCUT2D eigenvalue weighted by molar-refractivity contribution is 7.90. The van der Waals surface area contributed by atoms with Gasteiger partial charge in [0.25, 0.3) is 21.6 Å². The summed E-state index contributed by atoms with van der Waals surface area (Å²) in [6, 6.07) is 23.4. The molecule has 0 spiro atoms. The molecule has 4 aromatic carbocycles. The topological polar surface area (TPSA) is 149 Å². The average Bonchev–Trinajstić information content (AvgIpc) is 3.20. The Labute approximate surface area is 355 Å². The number of sulfonamides is 1. The summed E-state index contributed by atoms with van der Waals surface area (Å²) in [5.41, 5.74) is 7.85. The molecule has 3 aliphatic rings. The van der Waals surface area contributed by atoms with Gasteiger partial charge in [-0.3, -0.25) is 19.8 Å². The Morgan fingerprint density at radius 1 is 0.966 bits per heavy atom. The van der Waals surface area contributed by atoms with Crippen molar-refractivity contribution in [3.63, 3.8) is 0 Å². The van der Waals surface area contributed by atoms with Crippen LogP contribution in [0.4, 0.5) is 17.1 Å². The van der Waals surface area contributed by atoms with Crippen LogP contribution in [0.3, 0.4) is 0 Å². The number of nitro benzene ring substituents is 1. The highest BCUT2D eigenvalue weighted by atomic mass is 35.5. The van der Waals surface area contributed by atoms with Gasteiger partial charge >= 0.3 is 0 Å². The minimum absolute atomic E-state index is 0.0392. The van der Waals surface area contributed by atoms with Crippen LogP contribution >= 0.6 is 23.2 Å². The van der Waals surface area contributed by atoms with Crippen molar-refractivity contribution in [2.45, 2.75) is 51.0 Å². The predicted octanol–water partition coefficient (Wildman–Crippen LogP) is 8.22. The summed E-state index contributed by atoms with van der Waals surface area (Å²) in [7, 11) is -4.56.